The molecule has 0 saturated carbocycles. The van der Waals surface area contributed by atoms with Crippen molar-refractivity contribution in [3.8, 4) is 0 Å². The molecule has 138 valence electrons. The fraction of sp³-hybridized carbons (Fsp3) is 0.882. The Balaban J connectivity index is 0. The highest BCUT2D eigenvalue weighted by Gasteiger charge is 2.34. The Hall–Kier alpha value is -1.14. The summed E-state index contributed by atoms with van der Waals surface area (Å²) in [5.41, 5.74) is -2.96. The van der Waals surface area contributed by atoms with E-state index in [0.717, 1.165) is 12.8 Å². The van der Waals surface area contributed by atoms with Gasteiger partial charge in [-0.25, -0.2) is 9.59 Å². The summed E-state index contributed by atoms with van der Waals surface area (Å²) in [6.45, 7) is 7.58. The highest BCUT2D eigenvalue weighted by Crippen LogP contribution is 2.20. The Bertz CT molecular complexity index is 336. The van der Waals surface area contributed by atoms with Crippen LogP contribution in [0.1, 0.15) is 85.5 Å². The van der Waals surface area contributed by atoms with Gasteiger partial charge in [-0.2, -0.15) is 0 Å². The van der Waals surface area contributed by atoms with Crippen LogP contribution in [0, 0.1) is 0 Å². The van der Waals surface area contributed by atoms with Crippen molar-refractivity contribution in [3.05, 3.63) is 0 Å². The number of aliphatic carboxylic acids is 2. The van der Waals surface area contributed by atoms with Crippen molar-refractivity contribution in [3.63, 3.8) is 0 Å². The van der Waals surface area contributed by atoms with Crippen molar-refractivity contribution in [1.29, 1.82) is 0 Å². The Kier molecular flexibility index (Phi) is 12.9. The molecule has 0 amide bonds. The van der Waals surface area contributed by atoms with Crippen molar-refractivity contribution in [2.45, 2.75) is 96.7 Å². The van der Waals surface area contributed by atoms with E-state index in [9.17, 15) is 19.8 Å². The SMILES string of the molecule is CCCC(O)(CCC)C(=O)O.CCCCC(O)(CCC)C(=O)O. The summed E-state index contributed by atoms with van der Waals surface area (Å²) in [6, 6.07) is 0. The van der Waals surface area contributed by atoms with Gasteiger partial charge in [0.05, 0.1) is 0 Å². The highest BCUT2D eigenvalue weighted by molar-refractivity contribution is 5.77. The van der Waals surface area contributed by atoms with E-state index in [1.165, 1.54) is 0 Å². The fourth-order valence-electron chi connectivity index (χ4n) is 2.39. The topological polar surface area (TPSA) is 115 Å². The van der Waals surface area contributed by atoms with E-state index in [1.54, 1.807) is 0 Å². The molecule has 0 heterocycles. The molecule has 0 saturated heterocycles. The fourth-order valence-corrected chi connectivity index (χ4v) is 2.39. The maximum Gasteiger partial charge on any atom is 0.335 e. The molecule has 1 unspecified atom stereocenters. The van der Waals surface area contributed by atoms with Gasteiger partial charge in [0.2, 0.25) is 0 Å². The Morgan fingerprint density at radius 2 is 0.957 bits per heavy atom. The summed E-state index contributed by atoms with van der Waals surface area (Å²) >= 11 is 0. The summed E-state index contributed by atoms with van der Waals surface area (Å²) < 4.78 is 0. The Morgan fingerprint density at radius 3 is 1.17 bits per heavy atom. The van der Waals surface area contributed by atoms with Crippen molar-refractivity contribution in [2.24, 2.45) is 0 Å². The average molecular weight is 334 g/mol. The Morgan fingerprint density at radius 1 is 0.652 bits per heavy atom. The number of carboxylic acid groups (broad SMARTS) is 2. The van der Waals surface area contributed by atoms with Crippen LogP contribution in [0.25, 0.3) is 0 Å². The lowest BCUT2D eigenvalue weighted by atomic mass is 9.92. The first-order valence-electron chi connectivity index (χ1n) is 8.55. The molecule has 4 N–H and O–H groups in total. The number of carboxylic acids is 2. The molecule has 0 aliphatic rings. The van der Waals surface area contributed by atoms with Crippen molar-refractivity contribution in [2.75, 3.05) is 0 Å². The highest BCUT2D eigenvalue weighted by atomic mass is 16.4. The zero-order valence-corrected chi connectivity index (χ0v) is 15.0. The van der Waals surface area contributed by atoms with Gasteiger partial charge in [-0.3, -0.25) is 0 Å². The molecule has 23 heavy (non-hydrogen) atoms. The van der Waals surface area contributed by atoms with E-state index in [4.69, 9.17) is 10.2 Å². The molecule has 0 bridgehead atoms. The number of unbranched alkanes of at least 4 members (excludes halogenated alkanes) is 1. The first kappa shape index (κ1) is 24.1. The molecule has 6 nitrogen and oxygen atoms in total. The molecule has 0 aliphatic heterocycles. The van der Waals surface area contributed by atoms with Gasteiger partial charge in [0, 0.05) is 0 Å². The van der Waals surface area contributed by atoms with Gasteiger partial charge >= 0.3 is 11.9 Å². The quantitative estimate of drug-likeness (QED) is 0.461. The van der Waals surface area contributed by atoms with E-state index >= 15 is 0 Å². The number of aliphatic hydroxyl groups is 2. The number of hydrogen-bond donors (Lipinski definition) is 4. The Labute approximate surface area is 139 Å². The standard InChI is InChI=1S/C9H18O3.C8H16O3/c1-3-5-7-9(12,6-4-2)8(10)11;1-3-5-8(11,6-4-2)7(9)10/h12H,3-7H2,1-2H3,(H,10,11);11H,3-6H2,1-2H3,(H,9,10). The summed E-state index contributed by atoms with van der Waals surface area (Å²) in [5, 5.41) is 36.5. The van der Waals surface area contributed by atoms with E-state index in [2.05, 4.69) is 0 Å². The van der Waals surface area contributed by atoms with Crippen LogP contribution in [0.15, 0.2) is 0 Å². The van der Waals surface area contributed by atoms with Crippen LogP contribution in [0.3, 0.4) is 0 Å². The van der Waals surface area contributed by atoms with Crippen LogP contribution < -0.4 is 0 Å². The van der Waals surface area contributed by atoms with Gasteiger partial charge in [0.1, 0.15) is 0 Å². The molecule has 0 rings (SSSR count). The third kappa shape index (κ3) is 9.56. The maximum atomic E-state index is 10.7. The second kappa shape index (κ2) is 12.3. The van der Waals surface area contributed by atoms with Crippen LogP contribution in [0.5, 0.6) is 0 Å². The normalized spacial score (nSPS) is 13.7. The minimum absolute atomic E-state index is 0.343. The molecule has 6 heteroatoms. The monoisotopic (exact) mass is 334 g/mol. The van der Waals surface area contributed by atoms with Crippen molar-refractivity contribution in [1.82, 2.24) is 0 Å². The summed E-state index contributed by atoms with van der Waals surface area (Å²) in [6.07, 6.45) is 5.18. The van der Waals surface area contributed by atoms with Crippen LogP contribution >= 0.6 is 0 Å². The van der Waals surface area contributed by atoms with E-state index in [0.29, 0.717) is 44.9 Å². The van der Waals surface area contributed by atoms with Crippen molar-refractivity contribution >= 4 is 11.9 Å². The molecule has 0 aliphatic carbocycles. The minimum atomic E-state index is -1.48. The lowest BCUT2D eigenvalue weighted by Gasteiger charge is -2.22. The van der Waals surface area contributed by atoms with Gasteiger partial charge in [-0.1, -0.05) is 59.8 Å². The van der Waals surface area contributed by atoms with E-state index in [1.807, 2.05) is 27.7 Å². The second-order valence-corrected chi connectivity index (χ2v) is 6.03. The van der Waals surface area contributed by atoms with Crippen molar-refractivity contribution < 1.29 is 30.0 Å². The maximum absolute atomic E-state index is 10.7. The third-order valence-electron chi connectivity index (χ3n) is 3.73. The predicted molar refractivity (Wildman–Crippen MR) is 89.4 cm³/mol. The number of carbonyl (C=O) groups is 2. The zero-order valence-electron chi connectivity index (χ0n) is 15.0. The molecule has 0 aromatic carbocycles. The average Bonchev–Trinajstić information content (AvgIpc) is 2.46. The van der Waals surface area contributed by atoms with E-state index < -0.39 is 23.1 Å². The van der Waals surface area contributed by atoms with Gasteiger partial charge < -0.3 is 20.4 Å². The molecule has 0 radical (unpaired) electrons. The second-order valence-electron chi connectivity index (χ2n) is 6.03. The summed E-state index contributed by atoms with van der Waals surface area (Å²) in [7, 11) is 0. The van der Waals surface area contributed by atoms with Gasteiger partial charge in [-0.05, 0) is 25.7 Å². The van der Waals surface area contributed by atoms with Crippen LogP contribution in [-0.4, -0.2) is 43.6 Å². The lowest BCUT2D eigenvalue weighted by molar-refractivity contribution is -0.160. The first-order chi connectivity index (χ1) is 10.6. The molecular formula is C17H34O6. The van der Waals surface area contributed by atoms with Crippen LogP contribution in [-0.2, 0) is 9.59 Å². The molecule has 0 aromatic rings. The zero-order chi connectivity index (χ0) is 18.5. The third-order valence-corrected chi connectivity index (χ3v) is 3.73. The molecule has 0 aromatic heterocycles. The molecule has 0 fully saturated rings. The smallest absolute Gasteiger partial charge is 0.335 e. The summed E-state index contributed by atoms with van der Waals surface area (Å²) in [5.74, 6) is -2.18. The van der Waals surface area contributed by atoms with Crippen LogP contribution in [0.2, 0.25) is 0 Å². The molecular weight excluding hydrogens is 300 g/mol. The minimum Gasteiger partial charge on any atom is -0.479 e. The van der Waals surface area contributed by atoms with Gasteiger partial charge in [0.25, 0.3) is 0 Å². The largest absolute Gasteiger partial charge is 0.479 e. The number of rotatable bonds is 11. The number of hydrogen-bond acceptors (Lipinski definition) is 4. The predicted octanol–water partition coefficient (Wildman–Crippen LogP) is 3.19. The van der Waals surface area contributed by atoms with Crippen LogP contribution in [0.4, 0.5) is 0 Å². The molecule has 1 atom stereocenters. The first-order valence-corrected chi connectivity index (χ1v) is 8.55. The van der Waals surface area contributed by atoms with E-state index in [-0.39, 0.29) is 0 Å². The lowest BCUT2D eigenvalue weighted by Crippen LogP contribution is -2.38. The van der Waals surface area contributed by atoms with Gasteiger partial charge in [0.15, 0.2) is 11.2 Å². The summed E-state index contributed by atoms with van der Waals surface area (Å²) in [4.78, 5) is 21.2. The van der Waals surface area contributed by atoms with Gasteiger partial charge in [-0.15, -0.1) is 0 Å². The molecule has 0 spiro atoms.